The summed E-state index contributed by atoms with van der Waals surface area (Å²) >= 11 is 2.61. The second-order valence-electron chi connectivity index (χ2n) is 8.24. The predicted molar refractivity (Wildman–Crippen MR) is 125 cm³/mol. The number of β-lactam (4-membered cyclic amide) rings is 1. The molecule has 6 N–H and O–H groups in total. The minimum Gasteiger partial charge on any atom is -1.00 e. The number of halogens is 2. The number of nitrogens with zero attached hydrogens (tertiary/aromatic N) is 4. The molecule has 0 radical (unpaired) electrons. The van der Waals surface area contributed by atoms with Crippen LogP contribution in [0.4, 0.5) is 5.13 Å². The number of hydrogen-bond acceptors (Lipinski definition) is 9. The number of nitrogens with two attached hydrogens (primary N) is 1. The van der Waals surface area contributed by atoms with Gasteiger partial charge < -0.3 is 55.8 Å². The van der Waals surface area contributed by atoms with E-state index in [0.29, 0.717) is 12.3 Å². The fourth-order valence-electron chi connectivity index (χ4n) is 4.42. The van der Waals surface area contributed by atoms with Gasteiger partial charge in [-0.3, -0.25) is 14.5 Å². The number of carboxylic acids is 1. The largest absolute Gasteiger partial charge is 1.00 e. The lowest BCUT2D eigenvalue weighted by atomic mass is 10.0. The van der Waals surface area contributed by atoms with Gasteiger partial charge in [-0.25, -0.2) is 9.78 Å². The predicted octanol–water partition coefficient (Wildman–Crippen LogP) is -6.65. The lowest BCUT2D eigenvalue weighted by molar-refractivity contribution is -0.893. The number of aliphatic carboxylic acids is 1. The van der Waals surface area contributed by atoms with E-state index < -0.39 is 29.2 Å². The zero-order valence-electron chi connectivity index (χ0n) is 20.0. The summed E-state index contributed by atoms with van der Waals surface area (Å²) in [5.41, 5.74) is 6.59. The molecule has 0 bridgehead atoms. The number of thioether (sulfide) groups is 1. The molecule has 4 rings (SSSR count). The molecule has 2 unspecified atom stereocenters. The van der Waals surface area contributed by atoms with Crippen LogP contribution in [0.5, 0.6) is 0 Å². The van der Waals surface area contributed by atoms with Gasteiger partial charge in [0.25, 0.3) is 11.8 Å². The van der Waals surface area contributed by atoms with Crippen LogP contribution >= 0.6 is 23.1 Å². The van der Waals surface area contributed by atoms with Crippen LogP contribution in [0.3, 0.4) is 0 Å². The molecule has 2 saturated heterocycles. The molecule has 1 aromatic rings. The summed E-state index contributed by atoms with van der Waals surface area (Å²) in [6, 6.07) is -0.863. The first-order valence-electron chi connectivity index (χ1n) is 10.1. The van der Waals surface area contributed by atoms with Crippen LogP contribution in [0, 0.1) is 0 Å². The van der Waals surface area contributed by atoms with Gasteiger partial charge in [0, 0.05) is 29.5 Å². The highest BCUT2D eigenvalue weighted by Crippen LogP contribution is 2.41. The highest BCUT2D eigenvalue weighted by Gasteiger charge is 2.55. The van der Waals surface area contributed by atoms with E-state index in [1.165, 1.54) is 23.8 Å². The molecule has 35 heavy (non-hydrogen) atoms. The highest BCUT2D eigenvalue weighted by atomic mass is 35.5. The second kappa shape index (κ2) is 12.2. The maximum Gasteiger partial charge on any atom is 1.00 e. The number of carbonyl (C=O) groups is 3. The molecule has 4 heterocycles. The number of carbonyl (C=O) groups excluding carboxylic acids is 2. The number of nitrogens with one attached hydrogen (secondary N) is 1. The van der Waals surface area contributed by atoms with Crippen molar-refractivity contribution in [3.63, 3.8) is 0 Å². The maximum absolute atomic E-state index is 12.9. The molecule has 0 saturated carbocycles. The van der Waals surface area contributed by atoms with Gasteiger partial charge in [0.05, 0.1) is 20.1 Å². The minimum atomic E-state index is -1.12. The summed E-state index contributed by atoms with van der Waals surface area (Å²) in [4.78, 5) is 47.9. The van der Waals surface area contributed by atoms with Crippen LogP contribution in [-0.4, -0.2) is 99.4 Å². The Hall–Kier alpha value is -2.10. The number of aromatic nitrogens is 1. The van der Waals surface area contributed by atoms with E-state index in [1.807, 2.05) is 0 Å². The molecule has 12 nitrogen and oxygen atoms in total. The van der Waals surface area contributed by atoms with E-state index in [0.717, 1.165) is 47.3 Å². The maximum atomic E-state index is 12.9. The summed E-state index contributed by atoms with van der Waals surface area (Å²) in [5.74, 6) is -1.71. The zero-order valence-corrected chi connectivity index (χ0v) is 22.1. The van der Waals surface area contributed by atoms with Crippen molar-refractivity contribution >= 4 is 51.7 Å². The van der Waals surface area contributed by atoms with Crippen LogP contribution in [0.25, 0.3) is 0 Å². The standard InChI is InChI=1S/C19H24N6O5S2.2ClH.H2O/c1-25(5-3-4-6-25)7-10-8-31-17-13(16(27)24(17)14(10)18(28)29)22-15(26)12(23-30-2)11-9-32-19(20)21-11;;;/h9,13,17H,3-8H2,1-2H3,(H3-,20,21,22,26,28,29);2*1H;1H2/b23-12-;;;. The van der Waals surface area contributed by atoms with Gasteiger partial charge in [0.1, 0.15) is 36.5 Å². The normalized spacial score (nSPS) is 22.6. The number of amides is 2. The zero-order chi connectivity index (χ0) is 23.0. The van der Waals surface area contributed by atoms with E-state index in [1.54, 1.807) is 5.38 Å². The minimum absolute atomic E-state index is 0. The molecular formula is C19H28Cl2N6O6S2. The van der Waals surface area contributed by atoms with Crippen LogP contribution in [0.2, 0.25) is 0 Å². The topological polar surface area (TPSA) is 179 Å². The van der Waals surface area contributed by atoms with Gasteiger partial charge in [-0.15, -0.1) is 23.1 Å². The number of nitrogen functional groups attached to an aromatic ring is 1. The molecule has 2 amide bonds. The van der Waals surface area contributed by atoms with Gasteiger partial charge in [0.2, 0.25) is 0 Å². The fraction of sp³-hybridized carbons (Fsp3) is 0.526. The highest BCUT2D eigenvalue weighted by molar-refractivity contribution is 8.00. The molecule has 2 fully saturated rings. The average molecular weight is 572 g/mol. The summed E-state index contributed by atoms with van der Waals surface area (Å²) in [7, 11) is 3.42. The number of likely N-dealkylation sites (tertiary alicyclic amines) is 1. The van der Waals surface area contributed by atoms with Crippen molar-refractivity contribution in [1.29, 1.82) is 0 Å². The summed E-state index contributed by atoms with van der Waals surface area (Å²) < 4.78 is 0.785. The van der Waals surface area contributed by atoms with Gasteiger partial charge in [0.15, 0.2) is 10.8 Å². The van der Waals surface area contributed by atoms with Crippen molar-refractivity contribution in [3.05, 3.63) is 22.3 Å². The Morgan fingerprint density at radius 3 is 2.60 bits per heavy atom. The number of carboxylic acid groups (broad SMARTS) is 1. The van der Waals surface area contributed by atoms with Crippen LogP contribution in [-0.2, 0) is 19.2 Å². The van der Waals surface area contributed by atoms with Crippen LogP contribution in [0.1, 0.15) is 20.0 Å². The van der Waals surface area contributed by atoms with Crippen molar-refractivity contribution in [2.24, 2.45) is 5.16 Å². The van der Waals surface area contributed by atoms with Gasteiger partial charge >= 0.3 is 7.40 Å². The molecule has 0 aliphatic carbocycles. The van der Waals surface area contributed by atoms with Crippen molar-refractivity contribution in [2.45, 2.75) is 24.3 Å². The Morgan fingerprint density at radius 2 is 2.06 bits per heavy atom. The van der Waals surface area contributed by atoms with Crippen LogP contribution in [0.15, 0.2) is 21.8 Å². The summed E-state index contributed by atoms with van der Waals surface area (Å²) in [5, 5.41) is 17.6. The van der Waals surface area contributed by atoms with Crippen molar-refractivity contribution in [3.8, 4) is 0 Å². The number of quaternary nitrogens is 1. The Kier molecular flexibility index (Phi) is 10.8. The number of hydrogen-bond donors (Lipinski definition) is 3. The van der Waals surface area contributed by atoms with E-state index in [4.69, 9.17) is 10.6 Å². The third-order valence-corrected chi connectivity index (χ3v) is 7.93. The quantitative estimate of drug-likeness (QED) is 0.125. The number of anilines is 1. The molecular weight excluding hydrogens is 543 g/mol. The Morgan fingerprint density at radius 1 is 1.40 bits per heavy atom. The molecule has 0 spiro atoms. The van der Waals surface area contributed by atoms with Crippen LogP contribution < -0.4 is 35.9 Å². The average Bonchev–Trinajstić information content (AvgIpc) is 3.37. The summed E-state index contributed by atoms with van der Waals surface area (Å²) in [6.45, 7) is 2.61. The van der Waals surface area contributed by atoms with Gasteiger partial charge in [-0.05, 0) is 0 Å². The number of oxime groups is 1. The van der Waals surface area contributed by atoms with E-state index in [-0.39, 0.29) is 54.0 Å². The summed E-state index contributed by atoms with van der Waals surface area (Å²) in [6.07, 6.45) is 2.24. The van der Waals surface area contributed by atoms with E-state index in [9.17, 15) is 19.5 Å². The number of fused-ring (bicyclic) bond motifs is 1. The molecule has 0 aromatic carbocycles. The van der Waals surface area contributed by atoms with Crippen molar-refractivity contribution in [2.75, 3.05) is 45.3 Å². The molecule has 2 atom stereocenters. The Bertz CT molecular complexity index is 1040. The molecule has 3 aliphatic rings. The Balaban J connectivity index is 0.00000306. The number of rotatable bonds is 7. The smallest absolute Gasteiger partial charge is 1.00 e. The third-order valence-electron chi connectivity index (χ3n) is 5.92. The van der Waals surface area contributed by atoms with Gasteiger partial charge in [-0.2, -0.15) is 0 Å². The lowest BCUT2D eigenvalue weighted by Gasteiger charge is -2.49. The molecule has 1 aromatic heterocycles. The third kappa shape index (κ3) is 6.01. The lowest BCUT2D eigenvalue weighted by Crippen LogP contribution is -3.00. The molecule has 16 heteroatoms. The Labute approximate surface area is 224 Å². The SMILES string of the molecule is CO/N=C(\C(=O)NC1C(=O)N2C(C(=O)O)=C(C[N+]3(C)CCCC3)CSC12)c1csc(N)n1.O.[Cl-].[Cl-].[H+]. The number of thiazole rings is 1. The molecule has 196 valence electrons. The molecule has 3 aliphatic heterocycles. The van der Waals surface area contributed by atoms with Crippen molar-refractivity contribution in [1.82, 2.24) is 15.2 Å². The van der Waals surface area contributed by atoms with Gasteiger partial charge in [-0.1, -0.05) is 5.16 Å². The first-order chi connectivity index (χ1) is 15.2. The first kappa shape index (κ1) is 30.9. The van der Waals surface area contributed by atoms with E-state index >= 15 is 0 Å². The monoisotopic (exact) mass is 570 g/mol. The first-order valence-corrected chi connectivity index (χ1v) is 12.0. The fourth-order valence-corrected chi connectivity index (χ4v) is 6.31. The van der Waals surface area contributed by atoms with E-state index in [2.05, 4.69) is 22.5 Å². The second-order valence-corrected chi connectivity index (χ2v) is 10.2. The van der Waals surface area contributed by atoms with Crippen molar-refractivity contribution < 1.29 is 60.5 Å². The number of likely N-dealkylation sites (N-methyl/N-ethyl adjacent to an activating group) is 1.